The van der Waals surface area contributed by atoms with Crippen molar-refractivity contribution in [2.75, 3.05) is 0 Å². The van der Waals surface area contributed by atoms with Gasteiger partial charge in [-0.25, -0.2) is 0 Å². The predicted molar refractivity (Wildman–Crippen MR) is 71.2 cm³/mol. The molecule has 1 heterocycles. The number of allylic oxidation sites excluding steroid dienone is 1. The van der Waals surface area contributed by atoms with E-state index in [0.717, 1.165) is 5.56 Å². The van der Waals surface area contributed by atoms with Gasteiger partial charge < -0.3 is 4.57 Å². The molecule has 0 aliphatic carbocycles. The summed E-state index contributed by atoms with van der Waals surface area (Å²) in [5.41, 5.74) is 1.06. The lowest BCUT2D eigenvalue weighted by Gasteiger charge is -2.01. The summed E-state index contributed by atoms with van der Waals surface area (Å²) in [6.45, 7) is 0.522. The molecule has 0 fully saturated rings. The third-order valence-electron chi connectivity index (χ3n) is 2.36. The Hall–Kier alpha value is -1.80. The number of pyridine rings is 1. The molecular formula is C14H12ClNO. The van der Waals surface area contributed by atoms with E-state index in [-0.39, 0.29) is 5.56 Å². The zero-order chi connectivity index (χ0) is 12.1. The molecule has 1 aromatic heterocycles. The predicted octanol–water partition coefficient (Wildman–Crippen LogP) is 3.22. The van der Waals surface area contributed by atoms with Gasteiger partial charge in [0.1, 0.15) is 0 Å². The highest BCUT2D eigenvalue weighted by Crippen LogP contribution is 2.04. The molecule has 17 heavy (non-hydrogen) atoms. The fourth-order valence-corrected chi connectivity index (χ4v) is 1.69. The normalized spacial score (nSPS) is 10.9. The van der Waals surface area contributed by atoms with Crippen molar-refractivity contribution in [2.24, 2.45) is 0 Å². The summed E-state index contributed by atoms with van der Waals surface area (Å²) in [5.74, 6) is 0. The van der Waals surface area contributed by atoms with Crippen LogP contribution in [-0.4, -0.2) is 4.57 Å². The first-order chi connectivity index (χ1) is 8.25. The molecule has 86 valence electrons. The number of aromatic nitrogens is 1. The maximum Gasteiger partial charge on any atom is 0.250 e. The first-order valence-electron chi connectivity index (χ1n) is 5.33. The second kappa shape index (κ2) is 5.51. The Labute approximate surface area is 105 Å². The van der Waals surface area contributed by atoms with Crippen molar-refractivity contribution in [3.63, 3.8) is 0 Å². The fourth-order valence-electron chi connectivity index (χ4n) is 1.51. The van der Waals surface area contributed by atoms with Crippen molar-refractivity contribution in [3.05, 3.63) is 75.7 Å². The second-order valence-electron chi connectivity index (χ2n) is 3.65. The summed E-state index contributed by atoms with van der Waals surface area (Å²) in [4.78, 5) is 11.5. The van der Waals surface area contributed by atoms with E-state index in [1.165, 1.54) is 6.07 Å². The van der Waals surface area contributed by atoms with E-state index in [1.807, 2.05) is 42.5 Å². The van der Waals surface area contributed by atoms with Crippen LogP contribution in [0.1, 0.15) is 5.56 Å². The van der Waals surface area contributed by atoms with Crippen molar-refractivity contribution in [1.29, 1.82) is 0 Å². The first kappa shape index (κ1) is 11.7. The molecule has 3 heteroatoms. The zero-order valence-electron chi connectivity index (χ0n) is 9.21. The molecule has 0 bridgehead atoms. The molecule has 0 aliphatic heterocycles. The second-order valence-corrected chi connectivity index (χ2v) is 4.09. The molecule has 2 nitrogen and oxygen atoms in total. The Balaban J connectivity index is 2.10. The number of halogens is 1. The van der Waals surface area contributed by atoms with Crippen LogP contribution in [0.2, 0.25) is 5.02 Å². The van der Waals surface area contributed by atoms with Gasteiger partial charge in [0, 0.05) is 18.8 Å². The molecule has 0 spiro atoms. The number of benzene rings is 1. The summed E-state index contributed by atoms with van der Waals surface area (Å²) in [5, 5.41) is 0.567. The van der Waals surface area contributed by atoms with E-state index in [0.29, 0.717) is 11.6 Å². The van der Waals surface area contributed by atoms with Crippen molar-refractivity contribution < 1.29 is 0 Å². The Morgan fingerprint density at radius 3 is 2.65 bits per heavy atom. The Morgan fingerprint density at radius 1 is 1.12 bits per heavy atom. The standard InChI is InChI=1S/C14H12ClNO/c15-13-8-9-14(17)16(11-13)10-4-7-12-5-2-1-3-6-12/h1-9,11H,10H2/b7-4+. The third kappa shape index (κ3) is 3.33. The minimum Gasteiger partial charge on any atom is -0.310 e. The van der Waals surface area contributed by atoms with Gasteiger partial charge in [0.2, 0.25) is 0 Å². The van der Waals surface area contributed by atoms with Crippen LogP contribution in [0.5, 0.6) is 0 Å². The van der Waals surface area contributed by atoms with Crippen LogP contribution in [0.4, 0.5) is 0 Å². The van der Waals surface area contributed by atoms with Gasteiger partial charge in [-0.1, -0.05) is 54.1 Å². The minimum atomic E-state index is -0.0490. The smallest absolute Gasteiger partial charge is 0.250 e. The monoisotopic (exact) mass is 245 g/mol. The molecule has 2 aromatic rings. The molecule has 0 unspecified atom stereocenters. The van der Waals surface area contributed by atoms with Gasteiger partial charge in [-0.3, -0.25) is 4.79 Å². The lowest BCUT2D eigenvalue weighted by molar-refractivity contribution is 0.781. The number of rotatable bonds is 3. The number of hydrogen-bond donors (Lipinski definition) is 0. The molecule has 0 aliphatic rings. The minimum absolute atomic E-state index is 0.0490. The van der Waals surface area contributed by atoms with E-state index in [2.05, 4.69) is 0 Å². The van der Waals surface area contributed by atoms with Crippen LogP contribution in [0, 0.1) is 0 Å². The summed E-state index contributed by atoms with van der Waals surface area (Å²) < 4.78 is 1.57. The lowest BCUT2D eigenvalue weighted by Crippen LogP contribution is -2.16. The molecule has 1 aromatic carbocycles. The Morgan fingerprint density at radius 2 is 1.88 bits per heavy atom. The highest BCUT2D eigenvalue weighted by Gasteiger charge is 1.94. The van der Waals surface area contributed by atoms with Crippen molar-refractivity contribution in [3.8, 4) is 0 Å². The van der Waals surface area contributed by atoms with Crippen LogP contribution in [0.25, 0.3) is 6.08 Å². The molecule has 0 N–H and O–H groups in total. The van der Waals surface area contributed by atoms with Gasteiger partial charge in [-0.2, -0.15) is 0 Å². The van der Waals surface area contributed by atoms with Crippen LogP contribution < -0.4 is 5.56 Å². The van der Waals surface area contributed by atoms with Crippen LogP contribution >= 0.6 is 11.6 Å². The van der Waals surface area contributed by atoms with Gasteiger partial charge in [-0.05, 0) is 11.6 Å². The average Bonchev–Trinajstić information content (AvgIpc) is 2.35. The lowest BCUT2D eigenvalue weighted by atomic mass is 10.2. The van der Waals surface area contributed by atoms with E-state index < -0.39 is 0 Å². The average molecular weight is 246 g/mol. The summed E-state index contributed by atoms with van der Waals surface area (Å²) in [7, 11) is 0. The van der Waals surface area contributed by atoms with Gasteiger partial charge in [-0.15, -0.1) is 0 Å². The van der Waals surface area contributed by atoms with Crippen LogP contribution in [0.3, 0.4) is 0 Å². The van der Waals surface area contributed by atoms with Crippen LogP contribution in [0.15, 0.2) is 59.5 Å². The maximum atomic E-state index is 11.5. The van der Waals surface area contributed by atoms with E-state index in [9.17, 15) is 4.79 Å². The maximum absolute atomic E-state index is 11.5. The topological polar surface area (TPSA) is 22.0 Å². The van der Waals surface area contributed by atoms with Crippen molar-refractivity contribution >= 4 is 17.7 Å². The summed E-state index contributed by atoms with van der Waals surface area (Å²) in [6, 6.07) is 13.0. The van der Waals surface area contributed by atoms with Gasteiger partial charge in [0.25, 0.3) is 5.56 Å². The summed E-state index contributed by atoms with van der Waals surface area (Å²) in [6.07, 6.45) is 5.56. The van der Waals surface area contributed by atoms with Crippen LogP contribution in [-0.2, 0) is 6.54 Å². The van der Waals surface area contributed by atoms with E-state index >= 15 is 0 Å². The molecule has 0 radical (unpaired) electrons. The Bertz CT molecular complexity index is 572. The molecule has 2 rings (SSSR count). The molecule has 0 atom stereocenters. The quantitative estimate of drug-likeness (QED) is 0.814. The fraction of sp³-hybridized carbons (Fsp3) is 0.0714. The molecule has 0 saturated carbocycles. The highest BCUT2D eigenvalue weighted by molar-refractivity contribution is 6.30. The summed E-state index contributed by atoms with van der Waals surface area (Å²) >= 11 is 5.83. The zero-order valence-corrected chi connectivity index (χ0v) is 9.97. The first-order valence-corrected chi connectivity index (χ1v) is 5.71. The van der Waals surface area contributed by atoms with Crippen molar-refractivity contribution in [1.82, 2.24) is 4.57 Å². The van der Waals surface area contributed by atoms with E-state index in [4.69, 9.17) is 11.6 Å². The largest absolute Gasteiger partial charge is 0.310 e. The number of nitrogens with zero attached hydrogens (tertiary/aromatic N) is 1. The Kier molecular flexibility index (Phi) is 3.78. The number of hydrogen-bond acceptors (Lipinski definition) is 1. The third-order valence-corrected chi connectivity index (χ3v) is 2.58. The van der Waals surface area contributed by atoms with Gasteiger partial charge in [0.15, 0.2) is 0 Å². The highest BCUT2D eigenvalue weighted by atomic mass is 35.5. The SMILES string of the molecule is O=c1ccc(Cl)cn1C/C=C/c1ccccc1. The molecule has 0 saturated heterocycles. The van der Waals surface area contributed by atoms with E-state index in [1.54, 1.807) is 16.8 Å². The van der Waals surface area contributed by atoms with Gasteiger partial charge in [0.05, 0.1) is 5.02 Å². The molecular weight excluding hydrogens is 234 g/mol. The van der Waals surface area contributed by atoms with Crippen molar-refractivity contribution in [2.45, 2.75) is 6.54 Å². The van der Waals surface area contributed by atoms with Gasteiger partial charge >= 0.3 is 0 Å². The molecule has 0 amide bonds.